The minimum absolute atomic E-state index is 0.0882. The molecule has 0 aliphatic carbocycles. The summed E-state index contributed by atoms with van der Waals surface area (Å²) in [5, 5.41) is 13.6. The number of carboxylic acids is 1. The minimum Gasteiger partial charge on any atom is -0.550 e. The summed E-state index contributed by atoms with van der Waals surface area (Å²) in [6, 6.07) is 13.7. The average molecular weight is 483 g/mol. The van der Waals surface area contributed by atoms with Gasteiger partial charge in [0.15, 0.2) is 0 Å². The van der Waals surface area contributed by atoms with E-state index in [4.69, 9.17) is 0 Å². The monoisotopic (exact) mass is 483 g/mol. The molecule has 3 aromatic rings. The molecule has 0 spiro atoms. The number of hydrogen-bond donors (Lipinski definition) is 1. The van der Waals surface area contributed by atoms with E-state index in [9.17, 15) is 32.7 Å². The van der Waals surface area contributed by atoms with Crippen LogP contribution in [-0.4, -0.2) is 36.8 Å². The van der Waals surface area contributed by atoms with Gasteiger partial charge in [0.2, 0.25) is 0 Å². The molecule has 0 heterocycles. The summed E-state index contributed by atoms with van der Waals surface area (Å²) < 4.78 is 38.9. The van der Waals surface area contributed by atoms with Gasteiger partial charge in [-0.15, -0.1) is 0 Å². The molecule has 35 heavy (non-hydrogen) atoms. The van der Waals surface area contributed by atoms with E-state index >= 15 is 0 Å². The first-order valence-electron chi connectivity index (χ1n) is 10.5. The van der Waals surface area contributed by atoms with Crippen molar-refractivity contribution in [2.24, 2.45) is 0 Å². The van der Waals surface area contributed by atoms with Crippen LogP contribution in [0.15, 0.2) is 60.7 Å². The zero-order chi connectivity index (χ0) is 25.9. The first-order chi connectivity index (χ1) is 16.4. The lowest BCUT2D eigenvalue weighted by molar-refractivity contribution is -0.304. The van der Waals surface area contributed by atoms with Gasteiger partial charge in [-0.05, 0) is 53.9 Å². The Hall–Kier alpha value is -4.14. The van der Waals surface area contributed by atoms with Crippen LogP contribution < -0.4 is 10.4 Å². The second kappa shape index (κ2) is 10.0. The zero-order valence-corrected chi connectivity index (χ0v) is 19.2. The lowest BCUT2D eigenvalue weighted by Crippen LogP contribution is -2.26. The molecule has 0 unspecified atom stereocenters. The number of anilines is 1. The predicted molar refractivity (Wildman–Crippen MR) is 123 cm³/mol. The number of amides is 2. The number of alkyl halides is 3. The van der Waals surface area contributed by atoms with Gasteiger partial charge in [0.25, 0.3) is 11.8 Å². The van der Waals surface area contributed by atoms with Crippen molar-refractivity contribution in [2.45, 2.75) is 19.5 Å². The van der Waals surface area contributed by atoms with E-state index < -0.39 is 35.9 Å². The molecule has 0 saturated carbocycles. The quantitative estimate of drug-likeness (QED) is 0.576. The number of rotatable bonds is 6. The van der Waals surface area contributed by atoms with Gasteiger partial charge in [-0.25, -0.2) is 0 Å². The summed E-state index contributed by atoms with van der Waals surface area (Å²) >= 11 is 0. The Morgan fingerprint density at radius 3 is 2.14 bits per heavy atom. The van der Waals surface area contributed by atoms with Gasteiger partial charge in [0.05, 0.1) is 16.8 Å². The van der Waals surface area contributed by atoms with Gasteiger partial charge < -0.3 is 20.1 Å². The fourth-order valence-electron chi connectivity index (χ4n) is 3.52. The van der Waals surface area contributed by atoms with E-state index in [1.54, 1.807) is 25.1 Å². The number of nitrogens with one attached hydrogen (secondary N) is 1. The third-order valence-corrected chi connectivity index (χ3v) is 5.26. The van der Waals surface area contributed by atoms with Gasteiger partial charge >= 0.3 is 6.18 Å². The van der Waals surface area contributed by atoms with Crippen molar-refractivity contribution >= 4 is 23.5 Å². The molecule has 182 valence electrons. The van der Waals surface area contributed by atoms with Crippen LogP contribution in [0.1, 0.15) is 37.4 Å². The molecule has 6 nitrogen and oxygen atoms in total. The van der Waals surface area contributed by atoms with Crippen LogP contribution in [-0.2, 0) is 17.4 Å². The first-order valence-corrected chi connectivity index (χ1v) is 10.5. The van der Waals surface area contributed by atoms with Crippen LogP contribution in [0.2, 0.25) is 0 Å². The molecule has 0 aliphatic heterocycles. The summed E-state index contributed by atoms with van der Waals surface area (Å²) in [4.78, 5) is 38.2. The van der Waals surface area contributed by atoms with Crippen LogP contribution >= 0.6 is 0 Å². The zero-order valence-electron chi connectivity index (χ0n) is 19.2. The second-order valence-corrected chi connectivity index (χ2v) is 8.21. The van der Waals surface area contributed by atoms with Crippen molar-refractivity contribution in [2.75, 3.05) is 19.4 Å². The van der Waals surface area contributed by atoms with E-state index in [0.29, 0.717) is 16.7 Å². The fourth-order valence-corrected chi connectivity index (χ4v) is 3.52. The number of carbonyl (C=O) groups is 3. The van der Waals surface area contributed by atoms with Crippen molar-refractivity contribution in [3.05, 3.63) is 88.5 Å². The normalized spacial score (nSPS) is 11.1. The molecule has 0 saturated heterocycles. The molecule has 1 N–H and O–H groups in total. The molecule has 3 rings (SSSR count). The Balaban J connectivity index is 2.00. The highest BCUT2D eigenvalue weighted by Gasteiger charge is 2.30. The van der Waals surface area contributed by atoms with Gasteiger partial charge in [0.1, 0.15) is 0 Å². The Kier molecular flexibility index (Phi) is 7.28. The fraction of sp³-hybridized carbons (Fsp3) is 0.192. The number of halogens is 3. The van der Waals surface area contributed by atoms with Crippen molar-refractivity contribution in [1.29, 1.82) is 0 Å². The summed E-state index contributed by atoms with van der Waals surface area (Å²) in [7, 11) is 3.03. The third kappa shape index (κ3) is 6.06. The molecule has 0 aromatic heterocycles. The van der Waals surface area contributed by atoms with E-state index in [2.05, 4.69) is 5.32 Å². The Morgan fingerprint density at radius 2 is 1.57 bits per heavy atom. The first kappa shape index (κ1) is 25.5. The number of hydrogen-bond acceptors (Lipinski definition) is 4. The number of benzene rings is 3. The van der Waals surface area contributed by atoms with Gasteiger partial charge in [-0.2, -0.15) is 13.2 Å². The van der Waals surface area contributed by atoms with E-state index in [1.165, 1.54) is 49.3 Å². The van der Waals surface area contributed by atoms with E-state index in [-0.39, 0.29) is 16.8 Å². The van der Waals surface area contributed by atoms with Crippen molar-refractivity contribution in [3.63, 3.8) is 0 Å². The molecule has 2 amide bonds. The van der Waals surface area contributed by atoms with Gasteiger partial charge in [0, 0.05) is 32.0 Å². The van der Waals surface area contributed by atoms with Crippen LogP contribution in [0, 0.1) is 6.92 Å². The van der Waals surface area contributed by atoms with Crippen LogP contribution in [0.25, 0.3) is 11.1 Å². The molecule has 9 heteroatoms. The molecule has 0 radical (unpaired) electrons. The van der Waals surface area contributed by atoms with Gasteiger partial charge in [-0.1, -0.05) is 35.9 Å². The topological polar surface area (TPSA) is 89.5 Å². The number of aliphatic carboxylic acids is 1. The number of carboxylic acid groups (broad SMARTS) is 1. The second-order valence-electron chi connectivity index (χ2n) is 8.21. The van der Waals surface area contributed by atoms with Crippen LogP contribution in [0.5, 0.6) is 0 Å². The van der Waals surface area contributed by atoms with E-state index in [1.807, 2.05) is 0 Å². The average Bonchev–Trinajstić information content (AvgIpc) is 2.78. The lowest BCUT2D eigenvalue weighted by atomic mass is 9.96. The highest BCUT2D eigenvalue weighted by molar-refractivity contribution is 6.12. The van der Waals surface area contributed by atoms with Crippen molar-refractivity contribution in [1.82, 2.24) is 4.90 Å². The molecule has 0 fully saturated rings. The van der Waals surface area contributed by atoms with Gasteiger partial charge in [-0.3, -0.25) is 9.59 Å². The predicted octanol–water partition coefficient (Wildman–Crippen LogP) is 3.93. The SMILES string of the molecule is Cc1ccc(C(=O)Nc2ccc(CC(=O)[O-])cc2C(=O)N(C)C)c(-c2ccc(C(F)(F)F)cc2)c1. The Labute approximate surface area is 200 Å². The summed E-state index contributed by atoms with van der Waals surface area (Å²) in [6.07, 6.45) is -4.89. The summed E-state index contributed by atoms with van der Waals surface area (Å²) in [6.45, 7) is 1.79. The molecule has 0 bridgehead atoms. The highest BCUT2D eigenvalue weighted by Crippen LogP contribution is 2.32. The maximum atomic E-state index is 13.2. The van der Waals surface area contributed by atoms with Crippen LogP contribution in [0.4, 0.5) is 18.9 Å². The molecule has 3 aromatic carbocycles. The summed E-state index contributed by atoms with van der Waals surface area (Å²) in [5.74, 6) is -2.35. The minimum atomic E-state index is -4.48. The number of nitrogens with zero attached hydrogens (tertiary/aromatic N) is 1. The largest absolute Gasteiger partial charge is 0.550 e. The number of aryl methyl sites for hydroxylation is 1. The summed E-state index contributed by atoms with van der Waals surface area (Å²) in [5.41, 5.74) is 1.60. The molecule has 0 aliphatic rings. The lowest BCUT2D eigenvalue weighted by Gasteiger charge is -2.17. The van der Waals surface area contributed by atoms with Crippen LogP contribution in [0.3, 0.4) is 0 Å². The molecule has 0 atom stereocenters. The Morgan fingerprint density at radius 1 is 0.914 bits per heavy atom. The van der Waals surface area contributed by atoms with Crippen molar-refractivity contribution < 1.29 is 32.7 Å². The smallest absolute Gasteiger partial charge is 0.416 e. The standard InChI is InChI=1S/C26H23F3N2O4/c1-15-4-10-19(20(12-15)17-6-8-18(9-7-17)26(27,28)29)24(34)30-22-11-5-16(14-23(32)33)13-21(22)25(35)31(2)3/h4-13H,14H2,1-3H3,(H,30,34)(H,32,33)/p-1. The maximum Gasteiger partial charge on any atom is 0.416 e. The highest BCUT2D eigenvalue weighted by atomic mass is 19.4. The molecular weight excluding hydrogens is 461 g/mol. The number of carbonyl (C=O) groups excluding carboxylic acids is 3. The van der Waals surface area contributed by atoms with E-state index in [0.717, 1.165) is 17.7 Å². The Bertz CT molecular complexity index is 1280. The molecular formula is C26H22F3N2O4-. The van der Waals surface area contributed by atoms with Crippen molar-refractivity contribution in [3.8, 4) is 11.1 Å². The third-order valence-electron chi connectivity index (χ3n) is 5.26. The maximum absolute atomic E-state index is 13.2.